The molecule has 0 saturated heterocycles. The van der Waals surface area contributed by atoms with E-state index >= 15 is 0 Å². The van der Waals surface area contributed by atoms with E-state index in [1.807, 2.05) is 0 Å². The highest BCUT2D eigenvalue weighted by molar-refractivity contribution is 5.75. The molecule has 0 unspecified atom stereocenters. The zero-order valence-corrected chi connectivity index (χ0v) is 6.02. The zero-order chi connectivity index (χ0) is 7.28. The minimum absolute atomic E-state index is 0.177. The molecule has 0 amide bonds. The molecule has 0 fully saturated rings. The summed E-state index contributed by atoms with van der Waals surface area (Å²) in [6.07, 6.45) is 0. The fraction of sp³-hybridized carbons (Fsp3) is 0.800. The minimum atomic E-state index is 0.177. The molecule has 9 heavy (non-hydrogen) atoms. The molecule has 4 nitrogen and oxygen atoms in total. The van der Waals surface area contributed by atoms with Gasteiger partial charge in [0.25, 0.3) is 0 Å². The first kappa shape index (κ1) is 8.23. The van der Waals surface area contributed by atoms with E-state index in [0.717, 1.165) is 6.54 Å². The van der Waals surface area contributed by atoms with Crippen LogP contribution in [0.25, 0.3) is 0 Å². The van der Waals surface area contributed by atoms with Crippen LogP contribution < -0.4 is 16.4 Å². The number of hydrogen-bond donors (Lipinski definition) is 3. The first-order chi connectivity index (χ1) is 4.13. The molecule has 0 rings (SSSR count). The number of likely N-dealkylation sites (N-methyl/N-ethyl adjacent to an activating group) is 1. The molecule has 0 aromatic rings. The molecule has 0 spiro atoms. The Balaban J connectivity index is 3.20. The number of nitrogens with zero attached hydrogens (tertiary/aromatic N) is 1. The Hall–Kier alpha value is -0.770. The summed E-state index contributed by atoms with van der Waals surface area (Å²) in [6.45, 7) is 1.68. The minimum Gasteiger partial charge on any atom is -0.370 e. The number of guanidine groups is 1. The SMILES string of the molecule is C[NH+](C)CCN=C(N)N. The second kappa shape index (κ2) is 4.14. The Bertz CT molecular complexity index is 93.1. The smallest absolute Gasteiger partial charge is 0.186 e. The standard InChI is InChI=1S/C5H14N4/c1-9(2)4-3-8-5(6)7/h3-4H2,1-2H3,(H4,6,7,8)/p+1. The Labute approximate surface area is 55.5 Å². The summed E-state index contributed by atoms with van der Waals surface area (Å²) in [5.74, 6) is 0.177. The summed E-state index contributed by atoms with van der Waals surface area (Å²) in [6, 6.07) is 0. The highest BCUT2D eigenvalue weighted by Gasteiger charge is 1.89. The lowest BCUT2D eigenvalue weighted by molar-refractivity contribution is -0.856. The molecule has 0 aliphatic heterocycles. The van der Waals surface area contributed by atoms with Gasteiger partial charge in [0.05, 0.1) is 27.2 Å². The number of quaternary nitrogens is 1. The maximum absolute atomic E-state index is 5.10. The maximum Gasteiger partial charge on any atom is 0.186 e. The third-order valence-electron chi connectivity index (χ3n) is 0.906. The van der Waals surface area contributed by atoms with Gasteiger partial charge in [0.1, 0.15) is 0 Å². The van der Waals surface area contributed by atoms with Crippen molar-refractivity contribution in [2.45, 2.75) is 0 Å². The van der Waals surface area contributed by atoms with Gasteiger partial charge in [-0.15, -0.1) is 0 Å². The van der Waals surface area contributed by atoms with E-state index in [4.69, 9.17) is 11.5 Å². The molecule has 0 aliphatic rings. The molecule has 0 aliphatic carbocycles. The lowest BCUT2D eigenvalue weighted by atomic mass is 10.6. The Morgan fingerprint density at radius 2 is 2.00 bits per heavy atom. The summed E-state index contributed by atoms with van der Waals surface area (Å²) in [5, 5.41) is 0. The molecule has 0 atom stereocenters. The maximum atomic E-state index is 5.10. The number of nitrogens with one attached hydrogen (secondary N) is 1. The average molecular weight is 131 g/mol. The first-order valence-corrected chi connectivity index (χ1v) is 2.97. The van der Waals surface area contributed by atoms with Gasteiger partial charge >= 0.3 is 0 Å². The molecule has 54 valence electrons. The highest BCUT2D eigenvalue weighted by Crippen LogP contribution is 1.59. The first-order valence-electron chi connectivity index (χ1n) is 2.97. The van der Waals surface area contributed by atoms with Gasteiger partial charge in [0, 0.05) is 0 Å². The Morgan fingerprint density at radius 1 is 1.44 bits per heavy atom. The van der Waals surface area contributed by atoms with E-state index in [2.05, 4.69) is 19.1 Å². The Morgan fingerprint density at radius 3 is 2.33 bits per heavy atom. The van der Waals surface area contributed by atoms with Crippen molar-refractivity contribution >= 4 is 5.96 Å². The molecule has 0 heterocycles. The van der Waals surface area contributed by atoms with Crippen molar-refractivity contribution in [3.63, 3.8) is 0 Å². The fourth-order valence-electron chi connectivity index (χ4n) is 0.409. The predicted octanol–water partition coefficient (Wildman–Crippen LogP) is -2.60. The van der Waals surface area contributed by atoms with Crippen LogP contribution in [0.2, 0.25) is 0 Å². The molecular weight excluding hydrogens is 116 g/mol. The number of nitrogens with two attached hydrogens (primary N) is 2. The van der Waals surface area contributed by atoms with Crippen molar-refractivity contribution in [3.8, 4) is 0 Å². The van der Waals surface area contributed by atoms with Crippen LogP contribution in [0.3, 0.4) is 0 Å². The van der Waals surface area contributed by atoms with Gasteiger partial charge in [0.15, 0.2) is 5.96 Å². The number of rotatable bonds is 3. The normalized spacial score (nSPS) is 9.67. The highest BCUT2D eigenvalue weighted by atomic mass is 15.1. The topological polar surface area (TPSA) is 68.8 Å². The van der Waals surface area contributed by atoms with Crippen molar-refractivity contribution in [2.24, 2.45) is 16.5 Å². The second-order valence-corrected chi connectivity index (χ2v) is 2.26. The van der Waals surface area contributed by atoms with Crippen LogP contribution in [0, 0.1) is 0 Å². The molecule has 0 aromatic carbocycles. The van der Waals surface area contributed by atoms with Crippen LogP contribution in [0.15, 0.2) is 4.99 Å². The fourth-order valence-corrected chi connectivity index (χ4v) is 0.409. The van der Waals surface area contributed by atoms with Crippen LogP contribution in [-0.4, -0.2) is 33.1 Å². The second-order valence-electron chi connectivity index (χ2n) is 2.26. The van der Waals surface area contributed by atoms with E-state index in [0.29, 0.717) is 6.54 Å². The van der Waals surface area contributed by atoms with E-state index in [-0.39, 0.29) is 5.96 Å². The molecule has 0 aromatic heterocycles. The van der Waals surface area contributed by atoms with Crippen LogP contribution in [0.4, 0.5) is 0 Å². The average Bonchev–Trinajstić information content (AvgIpc) is 1.63. The largest absolute Gasteiger partial charge is 0.370 e. The zero-order valence-electron chi connectivity index (χ0n) is 6.02. The van der Waals surface area contributed by atoms with Gasteiger partial charge in [-0.05, 0) is 0 Å². The summed E-state index contributed by atoms with van der Waals surface area (Å²) >= 11 is 0. The molecule has 0 radical (unpaired) electrons. The molecule has 0 bridgehead atoms. The molecule has 0 saturated carbocycles. The van der Waals surface area contributed by atoms with Gasteiger partial charge in [-0.25, -0.2) is 4.99 Å². The van der Waals surface area contributed by atoms with E-state index < -0.39 is 0 Å². The van der Waals surface area contributed by atoms with E-state index in [1.54, 1.807) is 0 Å². The predicted molar refractivity (Wildman–Crippen MR) is 38.4 cm³/mol. The van der Waals surface area contributed by atoms with Crippen LogP contribution in [0.5, 0.6) is 0 Å². The monoisotopic (exact) mass is 131 g/mol. The summed E-state index contributed by atoms with van der Waals surface area (Å²) in [4.78, 5) is 5.16. The van der Waals surface area contributed by atoms with E-state index in [9.17, 15) is 0 Å². The quantitative estimate of drug-likeness (QED) is 0.290. The van der Waals surface area contributed by atoms with Gasteiger partial charge in [-0.3, -0.25) is 0 Å². The van der Waals surface area contributed by atoms with Gasteiger partial charge in [0.2, 0.25) is 0 Å². The summed E-state index contributed by atoms with van der Waals surface area (Å²) in [5.41, 5.74) is 10.2. The Kier molecular flexibility index (Phi) is 3.79. The molecule has 4 heteroatoms. The van der Waals surface area contributed by atoms with Gasteiger partial charge < -0.3 is 16.4 Å². The van der Waals surface area contributed by atoms with Crippen molar-refractivity contribution < 1.29 is 4.90 Å². The van der Waals surface area contributed by atoms with Crippen molar-refractivity contribution in [3.05, 3.63) is 0 Å². The lowest BCUT2D eigenvalue weighted by Crippen LogP contribution is -3.06. The third kappa shape index (κ3) is 7.23. The van der Waals surface area contributed by atoms with Crippen molar-refractivity contribution in [2.75, 3.05) is 27.2 Å². The summed E-state index contributed by atoms with van der Waals surface area (Å²) in [7, 11) is 4.12. The van der Waals surface area contributed by atoms with Gasteiger partial charge in [-0.2, -0.15) is 0 Å². The van der Waals surface area contributed by atoms with Crippen molar-refractivity contribution in [1.82, 2.24) is 0 Å². The van der Waals surface area contributed by atoms with Crippen molar-refractivity contribution in [1.29, 1.82) is 0 Å². The summed E-state index contributed by atoms with van der Waals surface area (Å²) < 4.78 is 0. The van der Waals surface area contributed by atoms with Crippen LogP contribution in [-0.2, 0) is 0 Å². The molecule has 5 N–H and O–H groups in total. The van der Waals surface area contributed by atoms with E-state index in [1.165, 1.54) is 4.90 Å². The van der Waals surface area contributed by atoms with Crippen LogP contribution in [0.1, 0.15) is 0 Å². The number of hydrogen-bond acceptors (Lipinski definition) is 1. The number of aliphatic imine (C=N–C) groups is 1. The lowest BCUT2D eigenvalue weighted by Gasteiger charge is -2.02. The molecular formula is C5H15N4+. The van der Waals surface area contributed by atoms with Crippen LogP contribution >= 0.6 is 0 Å². The third-order valence-corrected chi connectivity index (χ3v) is 0.906. The van der Waals surface area contributed by atoms with Gasteiger partial charge in [-0.1, -0.05) is 0 Å².